The second kappa shape index (κ2) is 6.87. The molecule has 2 heterocycles. The lowest BCUT2D eigenvalue weighted by Crippen LogP contribution is -2.38. The number of hydrogen-bond donors (Lipinski definition) is 1. The van der Waals surface area contributed by atoms with E-state index in [2.05, 4.69) is 70.6 Å². The molecule has 2 rings (SSSR count). The molecule has 108 valence electrons. The Bertz CT molecular complexity index is 405. The van der Waals surface area contributed by atoms with Crippen LogP contribution in [0.25, 0.3) is 0 Å². The van der Waals surface area contributed by atoms with Crippen molar-refractivity contribution in [3.63, 3.8) is 0 Å². The molecule has 4 atom stereocenters. The molecular formula is C13H22BrN3S2. The lowest BCUT2D eigenvalue weighted by atomic mass is 10.1. The van der Waals surface area contributed by atoms with Gasteiger partial charge in [0.2, 0.25) is 0 Å². The zero-order valence-electron chi connectivity index (χ0n) is 11.9. The average Bonchev–Trinajstić information content (AvgIpc) is 2.70. The highest BCUT2D eigenvalue weighted by atomic mass is 79.9. The van der Waals surface area contributed by atoms with E-state index in [1.165, 1.54) is 11.4 Å². The third kappa shape index (κ3) is 3.52. The molecule has 1 aliphatic rings. The van der Waals surface area contributed by atoms with Gasteiger partial charge in [0.05, 0.1) is 22.4 Å². The number of rotatable bonds is 4. The molecule has 6 heteroatoms. The predicted molar refractivity (Wildman–Crippen MR) is 90.1 cm³/mol. The summed E-state index contributed by atoms with van der Waals surface area (Å²) >= 11 is 7.85. The maximum absolute atomic E-state index is 4.36. The molecule has 0 amide bonds. The molecule has 0 aliphatic carbocycles. The van der Waals surface area contributed by atoms with Gasteiger partial charge in [0.15, 0.2) is 0 Å². The van der Waals surface area contributed by atoms with E-state index in [1.54, 1.807) is 0 Å². The van der Waals surface area contributed by atoms with E-state index in [4.69, 9.17) is 0 Å². The van der Waals surface area contributed by atoms with Crippen LogP contribution in [0, 0.1) is 0 Å². The molecule has 3 nitrogen and oxygen atoms in total. The average molecular weight is 364 g/mol. The van der Waals surface area contributed by atoms with Crippen molar-refractivity contribution in [3.8, 4) is 0 Å². The van der Waals surface area contributed by atoms with E-state index in [-0.39, 0.29) is 0 Å². The van der Waals surface area contributed by atoms with Crippen LogP contribution in [0.4, 0.5) is 0 Å². The first-order chi connectivity index (χ1) is 9.04. The highest BCUT2D eigenvalue weighted by Crippen LogP contribution is 2.42. The first-order valence-corrected chi connectivity index (χ1v) is 9.50. The first kappa shape index (κ1) is 15.7. The minimum atomic E-state index is 0.360. The van der Waals surface area contributed by atoms with E-state index >= 15 is 0 Å². The standard InChI is InChI=1S/C13H22BrN3S2/c1-5-15-12(13-10(14)6-16-17(13)4)11-7-18-8(2)9(3)19-11/h6,8-9,11-12,15H,5,7H2,1-4H3. The Kier molecular flexibility index (Phi) is 5.69. The van der Waals surface area contributed by atoms with E-state index in [1.807, 2.05) is 17.9 Å². The summed E-state index contributed by atoms with van der Waals surface area (Å²) in [6.45, 7) is 7.83. The molecule has 0 saturated carbocycles. The van der Waals surface area contributed by atoms with E-state index in [0.717, 1.165) is 16.3 Å². The zero-order valence-corrected chi connectivity index (χ0v) is 15.1. The van der Waals surface area contributed by atoms with Crippen LogP contribution >= 0.6 is 39.5 Å². The number of thioether (sulfide) groups is 2. The highest BCUT2D eigenvalue weighted by molar-refractivity contribution is 9.10. The lowest BCUT2D eigenvalue weighted by Gasteiger charge is -2.36. The fourth-order valence-electron chi connectivity index (χ4n) is 2.38. The van der Waals surface area contributed by atoms with Crippen LogP contribution in [0.1, 0.15) is 32.5 Å². The van der Waals surface area contributed by atoms with Crippen molar-refractivity contribution in [3.05, 3.63) is 16.4 Å². The van der Waals surface area contributed by atoms with Gasteiger partial charge >= 0.3 is 0 Å². The molecule has 1 N–H and O–H groups in total. The van der Waals surface area contributed by atoms with Crippen LogP contribution in [0.3, 0.4) is 0 Å². The van der Waals surface area contributed by atoms with Gasteiger partial charge in [-0.25, -0.2) is 0 Å². The van der Waals surface area contributed by atoms with Gasteiger partial charge in [0.25, 0.3) is 0 Å². The smallest absolute Gasteiger partial charge is 0.0704 e. The summed E-state index contributed by atoms with van der Waals surface area (Å²) in [5.74, 6) is 1.20. The Balaban J connectivity index is 2.21. The molecular weight excluding hydrogens is 342 g/mol. The van der Waals surface area contributed by atoms with Gasteiger partial charge in [0.1, 0.15) is 0 Å². The van der Waals surface area contributed by atoms with E-state index in [0.29, 0.717) is 16.5 Å². The maximum Gasteiger partial charge on any atom is 0.0704 e. The van der Waals surface area contributed by atoms with Crippen molar-refractivity contribution in [1.29, 1.82) is 0 Å². The molecule has 0 radical (unpaired) electrons. The Morgan fingerprint density at radius 1 is 1.53 bits per heavy atom. The van der Waals surface area contributed by atoms with Crippen LogP contribution < -0.4 is 5.32 Å². The van der Waals surface area contributed by atoms with Crippen LogP contribution in [0.2, 0.25) is 0 Å². The van der Waals surface area contributed by atoms with E-state index in [9.17, 15) is 0 Å². The van der Waals surface area contributed by atoms with Gasteiger partial charge in [-0.2, -0.15) is 28.6 Å². The molecule has 1 saturated heterocycles. The Hall–Kier alpha value is 0.350. The number of nitrogens with zero attached hydrogens (tertiary/aromatic N) is 2. The summed E-state index contributed by atoms with van der Waals surface area (Å²) < 4.78 is 3.10. The number of nitrogens with one attached hydrogen (secondary N) is 1. The minimum absolute atomic E-state index is 0.360. The predicted octanol–water partition coefficient (Wildman–Crippen LogP) is 3.46. The SMILES string of the molecule is CCNC(c1c(Br)cnn1C)C1CSC(C)C(C)S1. The molecule has 0 aromatic carbocycles. The second-order valence-corrected chi connectivity index (χ2v) is 8.84. The normalized spacial score (nSPS) is 29.4. The Morgan fingerprint density at radius 2 is 2.26 bits per heavy atom. The lowest BCUT2D eigenvalue weighted by molar-refractivity contribution is 0.505. The molecule has 4 unspecified atom stereocenters. The van der Waals surface area contributed by atoms with Gasteiger partial charge in [-0.15, -0.1) is 0 Å². The molecule has 1 aromatic rings. The summed E-state index contributed by atoms with van der Waals surface area (Å²) in [6, 6.07) is 0.360. The van der Waals surface area contributed by atoms with Gasteiger partial charge < -0.3 is 5.32 Å². The molecule has 1 fully saturated rings. The quantitative estimate of drug-likeness (QED) is 0.886. The molecule has 19 heavy (non-hydrogen) atoms. The summed E-state index contributed by atoms with van der Waals surface area (Å²) in [4.78, 5) is 0. The van der Waals surface area contributed by atoms with Crippen molar-refractivity contribution in [1.82, 2.24) is 15.1 Å². The summed E-state index contributed by atoms with van der Waals surface area (Å²) in [5.41, 5.74) is 1.27. The molecule has 0 bridgehead atoms. The fourth-order valence-corrected chi connectivity index (χ4v) is 6.06. The van der Waals surface area contributed by atoms with Crippen molar-refractivity contribution in [2.45, 2.75) is 42.6 Å². The highest BCUT2D eigenvalue weighted by Gasteiger charge is 2.34. The van der Waals surface area contributed by atoms with Crippen LogP contribution in [-0.2, 0) is 7.05 Å². The second-order valence-electron chi connectivity index (χ2n) is 4.95. The minimum Gasteiger partial charge on any atom is -0.308 e. The molecule has 1 aliphatic heterocycles. The number of hydrogen-bond acceptors (Lipinski definition) is 4. The van der Waals surface area contributed by atoms with Gasteiger partial charge in [0, 0.05) is 28.6 Å². The number of halogens is 1. The topological polar surface area (TPSA) is 29.9 Å². The number of aryl methyl sites for hydroxylation is 1. The van der Waals surface area contributed by atoms with Crippen molar-refractivity contribution < 1.29 is 0 Å². The summed E-state index contributed by atoms with van der Waals surface area (Å²) in [6.07, 6.45) is 1.90. The summed E-state index contributed by atoms with van der Waals surface area (Å²) in [5, 5.41) is 10.1. The van der Waals surface area contributed by atoms with Crippen LogP contribution in [-0.4, -0.2) is 37.8 Å². The maximum atomic E-state index is 4.36. The fraction of sp³-hybridized carbons (Fsp3) is 0.769. The van der Waals surface area contributed by atoms with Gasteiger partial charge in [-0.3, -0.25) is 4.68 Å². The first-order valence-electron chi connectivity index (χ1n) is 6.72. The zero-order chi connectivity index (χ0) is 14.0. The largest absolute Gasteiger partial charge is 0.308 e. The van der Waals surface area contributed by atoms with Gasteiger partial charge in [-0.05, 0) is 22.5 Å². The van der Waals surface area contributed by atoms with Gasteiger partial charge in [-0.1, -0.05) is 20.8 Å². The van der Waals surface area contributed by atoms with Crippen molar-refractivity contribution in [2.75, 3.05) is 12.3 Å². The summed E-state index contributed by atoms with van der Waals surface area (Å²) in [7, 11) is 2.02. The van der Waals surface area contributed by atoms with Crippen LogP contribution in [0.15, 0.2) is 10.7 Å². The van der Waals surface area contributed by atoms with Crippen LogP contribution in [0.5, 0.6) is 0 Å². The molecule has 0 spiro atoms. The third-order valence-electron chi connectivity index (χ3n) is 3.60. The number of aromatic nitrogens is 2. The molecule has 1 aromatic heterocycles. The third-order valence-corrected chi connectivity index (χ3v) is 7.71. The Morgan fingerprint density at radius 3 is 2.79 bits per heavy atom. The van der Waals surface area contributed by atoms with Crippen molar-refractivity contribution in [2.24, 2.45) is 7.05 Å². The van der Waals surface area contributed by atoms with E-state index < -0.39 is 0 Å². The monoisotopic (exact) mass is 363 g/mol. The van der Waals surface area contributed by atoms with Crippen molar-refractivity contribution >= 4 is 39.5 Å². The Labute approximate surface area is 132 Å².